The van der Waals surface area contributed by atoms with Gasteiger partial charge in [0.1, 0.15) is 24.0 Å². The van der Waals surface area contributed by atoms with Gasteiger partial charge in [-0.25, -0.2) is 33.3 Å². The number of sulfone groups is 1. The summed E-state index contributed by atoms with van der Waals surface area (Å²) in [5, 5.41) is 2.83. The third kappa shape index (κ3) is 3.79. The van der Waals surface area contributed by atoms with Crippen LogP contribution in [0.2, 0.25) is 0 Å². The standard InChI is InChI=1S/C22H28N8O3S/c1-4-16(22(31)29-10-14-6-7-34(32,33)17(14)11-29)27-19-18-21(26-12-25-19)30(5-2)20(28-18)15-8-23-13(3)24-9-15/h8-9,12,14,16-17H,4-7,10-11H2,1-3H3,(H,25,26,27)/t14-,16-,17-/m0/s1. The van der Waals surface area contributed by atoms with Gasteiger partial charge in [-0.3, -0.25) is 4.79 Å². The molecule has 0 aromatic carbocycles. The van der Waals surface area contributed by atoms with E-state index in [-0.39, 0.29) is 24.1 Å². The van der Waals surface area contributed by atoms with Crippen molar-refractivity contribution >= 4 is 32.7 Å². The molecule has 11 nitrogen and oxygen atoms in total. The Morgan fingerprint density at radius 2 is 1.94 bits per heavy atom. The van der Waals surface area contributed by atoms with E-state index in [2.05, 4.69) is 25.3 Å². The number of carbonyl (C=O) groups excluding carboxylic acids is 1. The van der Waals surface area contributed by atoms with E-state index in [9.17, 15) is 13.2 Å². The van der Waals surface area contributed by atoms with Gasteiger partial charge in [0.2, 0.25) is 5.91 Å². The van der Waals surface area contributed by atoms with Crippen LogP contribution in [0.5, 0.6) is 0 Å². The molecular formula is C22H28N8O3S. The summed E-state index contributed by atoms with van der Waals surface area (Å²) in [7, 11) is -3.10. The number of likely N-dealkylation sites (tertiary alicyclic amines) is 1. The molecule has 180 valence electrons. The van der Waals surface area contributed by atoms with Crippen molar-refractivity contribution < 1.29 is 13.2 Å². The molecule has 0 aliphatic carbocycles. The molecule has 34 heavy (non-hydrogen) atoms. The van der Waals surface area contributed by atoms with Gasteiger partial charge in [-0.15, -0.1) is 0 Å². The fourth-order valence-corrected chi connectivity index (χ4v) is 7.12. The van der Waals surface area contributed by atoms with Gasteiger partial charge in [0, 0.05) is 32.0 Å². The largest absolute Gasteiger partial charge is 0.356 e. The van der Waals surface area contributed by atoms with Crippen molar-refractivity contribution in [3.8, 4) is 11.4 Å². The molecule has 12 heteroatoms. The second kappa shape index (κ2) is 8.57. The Hall–Kier alpha value is -3.15. The summed E-state index contributed by atoms with van der Waals surface area (Å²) in [5.41, 5.74) is 1.98. The van der Waals surface area contributed by atoms with Gasteiger partial charge in [-0.2, -0.15) is 0 Å². The van der Waals surface area contributed by atoms with Gasteiger partial charge < -0.3 is 14.8 Å². The fourth-order valence-electron chi connectivity index (χ4n) is 4.97. The van der Waals surface area contributed by atoms with E-state index >= 15 is 0 Å². The topological polar surface area (TPSA) is 136 Å². The van der Waals surface area contributed by atoms with Crippen molar-refractivity contribution in [2.75, 3.05) is 24.2 Å². The lowest BCUT2D eigenvalue weighted by atomic mass is 10.1. The highest BCUT2D eigenvalue weighted by molar-refractivity contribution is 7.92. The molecule has 2 aliphatic heterocycles. The third-order valence-electron chi connectivity index (χ3n) is 6.83. The molecular weight excluding hydrogens is 456 g/mol. The van der Waals surface area contributed by atoms with E-state index < -0.39 is 21.1 Å². The van der Waals surface area contributed by atoms with E-state index in [0.717, 1.165) is 5.56 Å². The number of amides is 1. The van der Waals surface area contributed by atoms with E-state index in [1.807, 2.05) is 25.3 Å². The lowest BCUT2D eigenvalue weighted by Crippen LogP contribution is -2.42. The Labute approximate surface area is 198 Å². The molecule has 0 saturated carbocycles. The van der Waals surface area contributed by atoms with Gasteiger partial charge in [0.25, 0.3) is 0 Å². The van der Waals surface area contributed by atoms with Gasteiger partial charge >= 0.3 is 0 Å². The van der Waals surface area contributed by atoms with E-state index in [1.54, 1.807) is 17.3 Å². The quantitative estimate of drug-likeness (QED) is 0.551. The smallest absolute Gasteiger partial charge is 0.245 e. The lowest BCUT2D eigenvalue weighted by Gasteiger charge is -2.24. The number of hydrogen-bond acceptors (Lipinski definition) is 9. The molecule has 3 aromatic heterocycles. The van der Waals surface area contributed by atoms with Gasteiger partial charge in [-0.1, -0.05) is 6.92 Å². The minimum Gasteiger partial charge on any atom is -0.356 e. The predicted octanol–water partition coefficient (Wildman–Crippen LogP) is 1.45. The second-order valence-electron chi connectivity index (χ2n) is 8.90. The molecule has 0 spiro atoms. The van der Waals surface area contributed by atoms with Crippen LogP contribution in [0, 0.1) is 12.8 Å². The average molecular weight is 485 g/mol. The summed E-state index contributed by atoms with van der Waals surface area (Å²) in [6.07, 6.45) is 6.07. The summed E-state index contributed by atoms with van der Waals surface area (Å²) in [6.45, 7) is 7.14. The van der Waals surface area contributed by atoms with Gasteiger partial charge in [0.15, 0.2) is 26.8 Å². The Morgan fingerprint density at radius 1 is 1.18 bits per heavy atom. The predicted molar refractivity (Wildman–Crippen MR) is 127 cm³/mol. The van der Waals surface area contributed by atoms with Crippen LogP contribution in [-0.2, 0) is 21.2 Å². The molecule has 1 amide bonds. The van der Waals surface area contributed by atoms with Crippen molar-refractivity contribution in [3.05, 3.63) is 24.5 Å². The maximum Gasteiger partial charge on any atom is 0.245 e. The van der Waals surface area contributed by atoms with Crippen LogP contribution < -0.4 is 5.32 Å². The first-order valence-electron chi connectivity index (χ1n) is 11.6. The molecule has 0 radical (unpaired) electrons. The number of carbonyl (C=O) groups is 1. The molecule has 1 N–H and O–H groups in total. The molecule has 5 rings (SSSR count). The highest BCUT2D eigenvalue weighted by Crippen LogP contribution is 2.34. The number of anilines is 1. The molecule has 2 fully saturated rings. The minimum atomic E-state index is -3.10. The second-order valence-corrected chi connectivity index (χ2v) is 11.2. The van der Waals surface area contributed by atoms with E-state index in [1.165, 1.54) is 6.33 Å². The summed E-state index contributed by atoms with van der Waals surface area (Å²) in [5.74, 6) is 1.98. The van der Waals surface area contributed by atoms with Crippen LogP contribution in [0.1, 0.15) is 32.5 Å². The Morgan fingerprint density at radius 3 is 2.62 bits per heavy atom. The zero-order valence-electron chi connectivity index (χ0n) is 19.5. The highest BCUT2D eigenvalue weighted by atomic mass is 32.2. The Bertz CT molecular complexity index is 1340. The first-order valence-corrected chi connectivity index (χ1v) is 13.3. The number of rotatable bonds is 6. The number of aryl methyl sites for hydroxylation is 2. The van der Waals surface area contributed by atoms with Crippen LogP contribution in [0.4, 0.5) is 5.82 Å². The molecule has 0 unspecified atom stereocenters. The van der Waals surface area contributed by atoms with Gasteiger partial charge in [-0.05, 0) is 32.6 Å². The maximum atomic E-state index is 13.3. The molecule has 3 atom stereocenters. The number of nitrogens with zero attached hydrogens (tertiary/aromatic N) is 7. The minimum absolute atomic E-state index is 0.0387. The summed E-state index contributed by atoms with van der Waals surface area (Å²) < 4.78 is 26.6. The summed E-state index contributed by atoms with van der Waals surface area (Å²) >= 11 is 0. The van der Waals surface area contributed by atoms with Crippen LogP contribution in [0.3, 0.4) is 0 Å². The summed E-state index contributed by atoms with van der Waals surface area (Å²) in [4.78, 5) is 37.2. The first kappa shape index (κ1) is 22.6. The molecule has 2 aliphatic rings. The number of fused-ring (bicyclic) bond motifs is 2. The fraction of sp³-hybridized carbons (Fsp3) is 0.545. The Balaban J connectivity index is 1.43. The van der Waals surface area contributed by atoms with E-state index in [0.29, 0.717) is 54.6 Å². The molecule has 2 saturated heterocycles. The molecule has 0 bridgehead atoms. The van der Waals surface area contributed by atoms with Crippen molar-refractivity contribution in [2.24, 2.45) is 5.92 Å². The van der Waals surface area contributed by atoms with Crippen molar-refractivity contribution in [2.45, 2.75) is 51.4 Å². The van der Waals surface area contributed by atoms with Crippen LogP contribution in [0.25, 0.3) is 22.6 Å². The van der Waals surface area contributed by atoms with Crippen LogP contribution in [0.15, 0.2) is 18.7 Å². The van der Waals surface area contributed by atoms with Gasteiger partial charge in [0.05, 0.1) is 16.6 Å². The number of nitrogens with one attached hydrogen (secondary N) is 1. The zero-order valence-corrected chi connectivity index (χ0v) is 20.3. The lowest BCUT2D eigenvalue weighted by molar-refractivity contribution is -0.131. The third-order valence-corrected chi connectivity index (χ3v) is 9.09. The van der Waals surface area contributed by atoms with Crippen molar-refractivity contribution in [1.29, 1.82) is 0 Å². The van der Waals surface area contributed by atoms with Crippen LogP contribution >= 0.6 is 0 Å². The monoisotopic (exact) mass is 484 g/mol. The zero-order chi connectivity index (χ0) is 24.0. The molecule has 5 heterocycles. The Kier molecular flexibility index (Phi) is 5.70. The molecule has 3 aromatic rings. The maximum absolute atomic E-state index is 13.3. The van der Waals surface area contributed by atoms with Crippen LogP contribution in [-0.4, -0.2) is 78.8 Å². The number of aromatic nitrogens is 6. The number of hydrogen-bond donors (Lipinski definition) is 1. The average Bonchev–Trinajstić information content (AvgIpc) is 3.50. The normalized spacial score (nSPS) is 22.1. The first-order chi connectivity index (χ1) is 16.3. The van der Waals surface area contributed by atoms with E-state index in [4.69, 9.17) is 4.98 Å². The highest BCUT2D eigenvalue weighted by Gasteiger charge is 2.48. The van der Waals surface area contributed by atoms with Crippen molar-refractivity contribution in [3.63, 3.8) is 0 Å². The summed E-state index contributed by atoms with van der Waals surface area (Å²) in [6, 6.07) is -0.544. The SMILES string of the molecule is CC[C@H](Nc1ncnc2c1nc(-c1cnc(C)nc1)n2CC)C(=O)N1C[C@@H]2CCS(=O)(=O)[C@H]2C1. The number of imidazole rings is 1. The van der Waals surface area contributed by atoms with Crippen molar-refractivity contribution in [1.82, 2.24) is 34.4 Å².